The number of benzene rings is 2. The molecule has 3 heterocycles. The first-order chi connectivity index (χ1) is 16.6. The molecule has 2 aromatic carbocycles. The highest BCUT2D eigenvalue weighted by atomic mass is 35.5. The minimum atomic E-state index is 0.733. The molecule has 6 heteroatoms. The molecular formula is C28H26ClN2OS2+. The van der Waals surface area contributed by atoms with Crippen molar-refractivity contribution in [1.29, 1.82) is 0 Å². The number of anilines is 1. The summed E-state index contributed by atoms with van der Waals surface area (Å²) in [5.41, 5.74) is 5.12. The average molecular weight is 506 g/mol. The number of ether oxygens (including phenoxy) is 1. The molecule has 0 saturated carbocycles. The fourth-order valence-corrected chi connectivity index (χ4v) is 7.37. The van der Waals surface area contributed by atoms with Gasteiger partial charge in [-0.3, -0.25) is 0 Å². The van der Waals surface area contributed by atoms with Gasteiger partial charge in [0.15, 0.2) is 5.75 Å². The SMILES string of the molecule is CCN1/C(=C/C2=CC(=C/c3sc4ccc5ccsc5c4[n+]3CC)/CCC2)Oc2ccc(Cl)cc21. The van der Waals surface area contributed by atoms with Crippen molar-refractivity contribution in [3.05, 3.63) is 81.0 Å². The summed E-state index contributed by atoms with van der Waals surface area (Å²) in [7, 11) is 0. The lowest BCUT2D eigenvalue weighted by Gasteiger charge is -2.18. The van der Waals surface area contributed by atoms with Gasteiger partial charge in [0.2, 0.25) is 11.4 Å². The lowest BCUT2D eigenvalue weighted by Crippen LogP contribution is -2.33. The molecule has 2 aromatic heterocycles. The number of thiazole rings is 1. The van der Waals surface area contributed by atoms with Crippen LogP contribution in [0.2, 0.25) is 5.02 Å². The lowest BCUT2D eigenvalue weighted by molar-refractivity contribution is -0.664. The smallest absolute Gasteiger partial charge is 0.263 e. The van der Waals surface area contributed by atoms with E-state index in [0.29, 0.717) is 0 Å². The van der Waals surface area contributed by atoms with E-state index in [1.54, 1.807) is 0 Å². The molecule has 1 aliphatic carbocycles. The van der Waals surface area contributed by atoms with E-state index >= 15 is 0 Å². The van der Waals surface area contributed by atoms with E-state index < -0.39 is 0 Å². The summed E-state index contributed by atoms with van der Waals surface area (Å²) in [4.78, 5) is 2.20. The van der Waals surface area contributed by atoms with Crippen LogP contribution in [0.5, 0.6) is 5.75 Å². The van der Waals surface area contributed by atoms with Crippen LogP contribution in [0, 0.1) is 0 Å². The Labute approximate surface area is 212 Å². The van der Waals surface area contributed by atoms with Gasteiger partial charge in [-0.25, -0.2) is 0 Å². The number of halogens is 1. The summed E-state index contributed by atoms with van der Waals surface area (Å²) in [5, 5.41) is 5.59. The summed E-state index contributed by atoms with van der Waals surface area (Å²) in [6.07, 6.45) is 10.3. The van der Waals surface area contributed by atoms with Crippen molar-refractivity contribution < 1.29 is 9.30 Å². The van der Waals surface area contributed by atoms with Crippen molar-refractivity contribution in [3.63, 3.8) is 0 Å². The second-order valence-electron chi connectivity index (χ2n) is 8.67. The summed E-state index contributed by atoms with van der Waals surface area (Å²) >= 11 is 9.98. The van der Waals surface area contributed by atoms with Gasteiger partial charge < -0.3 is 9.64 Å². The van der Waals surface area contributed by atoms with Crippen LogP contribution in [0.25, 0.3) is 26.4 Å². The second kappa shape index (κ2) is 8.88. The number of fused-ring (bicyclic) bond motifs is 4. The molecule has 3 nitrogen and oxygen atoms in total. The first-order valence-corrected chi connectivity index (χ1v) is 13.9. The van der Waals surface area contributed by atoms with Crippen LogP contribution >= 0.6 is 34.3 Å². The molecule has 0 N–H and O–H groups in total. The summed E-state index contributed by atoms with van der Waals surface area (Å²) in [6.45, 7) is 6.19. The van der Waals surface area contributed by atoms with Gasteiger partial charge in [0, 0.05) is 23.7 Å². The molecule has 6 rings (SSSR count). The quantitative estimate of drug-likeness (QED) is 0.259. The molecule has 0 spiro atoms. The number of rotatable bonds is 4. The minimum Gasteiger partial charge on any atom is -0.439 e. The number of hydrogen-bond donors (Lipinski definition) is 0. The average Bonchev–Trinajstić information content (AvgIpc) is 3.53. The Morgan fingerprint density at radius 3 is 2.88 bits per heavy atom. The van der Waals surface area contributed by atoms with Crippen LogP contribution in [0.3, 0.4) is 0 Å². The zero-order chi connectivity index (χ0) is 23.2. The Morgan fingerprint density at radius 2 is 2.03 bits per heavy atom. The predicted octanol–water partition coefficient (Wildman–Crippen LogP) is 8.33. The molecule has 34 heavy (non-hydrogen) atoms. The number of allylic oxidation sites excluding steroid dienone is 4. The van der Waals surface area contributed by atoms with E-state index in [-0.39, 0.29) is 0 Å². The van der Waals surface area contributed by atoms with Crippen LogP contribution in [0.15, 0.2) is 71.0 Å². The molecule has 1 aliphatic heterocycles. The van der Waals surface area contributed by atoms with Gasteiger partial charge in [-0.1, -0.05) is 35.1 Å². The van der Waals surface area contributed by atoms with Gasteiger partial charge in [-0.05, 0) is 85.4 Å². The van der Waals surface area contributed by atoms with Crippen LogP contribution in [0.1, 0.15) is 38.1 Å². The van der Waals surface area contributed by atoms with E-state index in [1.807, 2.05) is 40.9 Å². The molecule has 0 amide bonds. The van der Waals surface area contributed by atoms with Crippen molar-refractivity contribution >= 4 is 66.3 Å². The monoisotopic (exact) mass is 505 g/mol. The van der Waals surface area contributed by atoms with Gasteiger partial charge in [0.1, 0.15) is 15.9 Å². The van der Waals surface area contributed by atoms with Crippen LogP contribution in [-0.2, 0) is 6.54 Å². The molecule has 0 radical (unpaired) electrons. The molecule has 0 saturated heterocycles. The molecular weight excluding hydrogens is 480 g/mol. The van der Waals surface area contributed by atoms with Gasteiger partial charge in [0.25, 0.3) is 5.01 Å². The number of nitrogens with zero attached hydrogens (tertiary/aromatic N) is 2. The van der Waals surface area contributed by atoms with Gasteiger partial charge in [-0.15, -0.1) is 11.3 Å². The maximum Gasteiger partial charge on any atom is 0.263 e. The Bertz CT molecular complexity index is 1510. The number of aromatic nitrogens is 1. The summed E-state index contributed by atoms with van der Waals surface area (Å²) < 4.78 is 11.4. The Kier molecular flexibility index (Phi) is 5.72. The Hall–Kier alpha value is -2.60. The summed E-state index contributed by atoms with van der Waals surface area (Å²) in [5.74, 6) is 1.76. The molecule has 0 bridgehead atoms. The normalized spacial score (nSPS) is 18.2. The minimum absolute atomic E-state index is 0.733. The highest BCUT2D eigenvalue weighted by molar-refractivity contribution is 7.21. The molecule has 4 aromatic rings. The van der Waals surface area contributed by atoms with Crippen molar-refractivity contribution in [2.45, 2.75) is 39.7 Å². The third-order valence-electron chi connectivity index (χ3n) is 6.55. The van der Waals surface area contributed by atoms with E-state index in [2.05, 4.69) is 65.1 Å². The van der Waals surface area contributed by atoms with Crippen LogP contribution in [-0.4, -0.2) is 6.54 Å². The van der Waals surface area contributed by atoms with Crippen LogP contribution in [0.4, 0.5) is 5.69 Å². The Balaban J connectivity index is 1.37. The maximum atomic E-state index is 6.24. The number of aryl methyl sites for hydroxylation is 1. The van der Waals surface area contributed by atoms with Crippen molar-refractivity contribution in [1.82, 2.24) is 0 Å². The third kappa shape index (κ3) is 3.76. The first kappa shape index (κ1) is 21.9. The number of hydrogen-bond acceptors (Lipinski definition) is 4. The Morgan fingerprint density at radius 1 is 1.12 bits per heavy atom. The maximum absolute atomic E-state index is 6.24. The van der Waals surface area contributed by atoms with E-state index in [4.69, 9.17) is 16.3 Å². The first-order valence-electron chi connectivity index (χ1n) is 11.8. The highest BCUT2D eigenvalue weighted by Gasteiger charge is 2.26. The zero-order valence-electron chi connectivity index (χ0n) is 19.3. The van der Waals surface area contributed by atoms with Crippen molar-refractivity contribution in [2.24, 2.45) is 0 Å². The van der Waals surface area contributed by atoms with E-state index in [9.17, 15) is 0 Å². The topological polar surface area (TPSA) is 16.4 Å². The number of thiophene rings is 1. The molecule has 2 aliphatic rings. The fourth-order valence-electron chi connectivity index (χ4n) is 4.97. The van der Waals surface area contributed by atoms with Crippen molar-refractivity contribution in [3.8, 4) is 5.75 Å². The third-order valence-corrected chi connectivity index (χ3v) is 8.82. The van der Waals surface area contributed by atoms with Gasteiger partial charge >= 0.3 is 0 Å². The van der Waals surface area contributed by atoms with Crippen molar-refractivity contribution in [2.75, 3.05) is 11.4 Å². The molecule has 0 unspecified atom stereocenters. The lowest BCUT2D eigenvalue weighted by atomic mass is 9.95. The standard InChI is InChI=1S/C28H26ClN2OS2/c1-3-30-22-17-21(29)9-10-23(22)32-25(30)15-18-6-5-7-19(14-18)16-26-31(4-2)27-24(34-26)11-8-20-12-13-33-28(20)27/h8-17H,3-7H2,1-2H3/q+1. The fraction of sp³-hybridized carbons (Fsp3) is 0.250. The molecule has 172 valence electrons. The predicted molar refractivity (Wildman–Crippen MR) is 146 cm³/mol. The van der Waals surface area contributed by atoms with Crippen LogP contribution < -0.4 is 14.2 Å². The summed E-state index contributed by atoms with van der Waals surface area (Å²) in [6, 6.07) is 12.6. The van der Waals surface area contributed by atoms with E-state index in [1.165, 1.54) is 36.5 Å². The van der Waals surface area contributed by atoms with Gasteiger partial charge in [0.05, 0.1) is 5.69 Å². The zero-order valence-corrected chi connectivity index (χ0v) is 21.7. The second-order valence-corrected chi connectivity index (χ2v) is 11.1. The van der Waals surface area contributed by atoms with Gasteiger partial charge in [-0.2, -0.15) is 4.57 Å². The largest absolute Gasteiger partial charge is 0.439 e. The highest BCUT2D eigenvalue weighted by Crippen LogP contribution is 2.41. The van der Waals surface area contributed by atoms with E-state index in [0.717, 1.165) is 54.7 Å². The molecule has 0 atom stereocenters. The molecule has 0 fully saturated rings.